The summed E-state index contributed by atoms with van der Waals surface area (Å²) >= 11 is 3.74. The van der Waals surface area contributed by atoms with E-state index in [1.54, 1.807) is 7.11 Å². The van der Waals surface area contributed by atoms with E-state index in [1.807, 2.05) is 6.07 Å². The van der Waals surface area contributed by atoms with Gasteiger partial charge in [0.25, 0.3) is 0 Å². The molecule has 5 rings (SSSR count). The first-order chi connectivity index (χ1) is 11.1. The van der Waals surface area contributed by atoms with Crippen molar-refractivity contribution in [1.82, 2.24) is 4.90 Å². The maximum atomic E-state index is 12.7. The summed E-state index contributed by atoms with van der Waals surface area (Å²) in [6.45, 7) is 1.03. The zero-order chi connectivity index (χ0) is 15.9. The Balaban J connectivity index is 1.84. The minimum absolute atomic E-state index is 0.132. The third-order valence-electron chi connectivity index (χ3n) is 6.67. The van der Waals surface area contributed by atoms with Gasteiger partial charge in [0, 0.05) is 27.9 Å². The highest BCUT2D eigenvalue weighted by atomic mass is 79.9. The Labute approximate surface area is 144 Å². The number of nitrogens with zero attached hydrogens (tertiary/aromatic N) is 1. The molecule has 0 N–H and O–H groups in total. The van der Waals surface area contributed by atoms with E-state index < -0.39 is 0 Å². The highest BCUT2D eigenvalue weighted by Gasteiger charge is 2.65. The van der Waals surface area contributed by atoms with Gasteiger partial charge in [-0.3, -0.25) is 4.79 Å². The molecular formula is C18H20BrNO3. The molecule has 2 aliphatic heterocycles. The predicted octanol–water partition coefficient (Wildman–Crippen LogP) is 2.70. The van der Waals surface area contributed by atoms with Crippen LogP contribution in [0.15, 0.2) is 10.5 Å². The second-order valence-corrected chi connectivity index (χ2v) is 8.25. The number of Topliss-reactive ketones (excluding diaryl/α,β-unsaturated/α-hetero) is 1. The Morgan fingerprint density at radius 3 is 3.09 bits per heavy atom. The van der Waals surface area contributed by atoms with Gasteiger partial charge in [-0.05, 0) is 50.4 Å². The Hall–Kier alpha value is -1.07. The van der Waals surface area contributed by atoms with Crippen molar-refractivity contribution in [3.8, 4) is 11.5 Å². The number of ether oxygens (including phenoxy) is 2. The summed E-state index contributed by atoms with van der Waals surface area (Å²) in [5.74, 6) is 2.37. The van der Waals surface area contributed by atoms with Crippen molar-refractivity contribution in [2.45, 2.75) is 43.2 Å². The van der Waals surface area contributed by atoms with Crippen molar-refractivity contribution in [3.63, 3.8) is 0 Å². The van der Waals surface area contributed by atoms with Crippen molar-refractivity contribution in [2.75, 3.05) is 20.7 Å². The number of hydrogen-bond donors (Lipinski definition) is 0. The van der Waals surface area contributed by atoms with Crippen LogP contribution in [0.5, 0.6) is 11.5 Å². The average Bonchev–Trinajstić information content (AvgIpc) is 2.89. The standard InChI is InChI=1S/C18H20BrNO3/c1-20-6-5-18-10-3-4-13(21)17(18)23-16-14(22-2)8-11(19)9(15(16)18)7-12(10)20/h8,10,12,17H,3-7H2,1-2H3/t10?,12?,17-,18-/m1/s1. The van der Waals surface area contributed by atoms with Gasteiger partial charge in [-0.25, -0.2) is 0 Å². The van der Waals surface area contributed by atoms with E-state index in [0.29, 0.717) is 18.4 Å². The van der Waals surface area contributed by atoms with Crippen LogP contribution in [0.4, 0.5) is 0 Å². The van der Waals surface area contributed by atoms with E-state index >= 15 is 0 Å². The second-order valence-electron chi connectivity index (χ2n) is 7.40. The molecule has 5 heteroatoms. The van der Waals surface area contributed by atoms with Gasteiger partial charge < -0.3 is 14.4 Å². The lowest BCUT2D eigenvalue weighted by atomic mass is 9.52. The molecule has 1 saturated heterocycles. The first-order valence-corrected chi connectivity index (χ1v) is 9.16. The minimum Gasteiger partial charge on any atom is -0.493 e. The third kappa shape index (κ3) is 1.53. The topological polar surface area (TPSA) is 38.8 Å². The van der Waals surface area contributed by atoms with Crippen molar-refractivity contribution >= 4 is 21.7 Å². The van der Waals surface area contributed by atoms with Gasteiger partial charge in [0.15, 0.2) is 23.4 Å². The van der Waals surface area contributed by atoms with E-state index in [1.165, 1.54) is 11.1 Å². The Morgan fingerprint density at radius 2 is 2.30 bits per heavy atom. The van der Waals surface area contributed by atoms with Crippen LogP contribution in [0, 0.1) is 5.92 Å². The molecule has 2 fully saturated rings. The van der Waals surface area contributed by atoms with Gasteiger partial charge >= 0.3 is 0 Å². The van der Waals surface area contributed by atoms with E-state index in [4.69, 9.17) is 9.47 Å². The number of halogens is 1. The van der Waals surface area contributed by atoms with Crippen LogP contribution in [0.3, 0.4) is 0 Å². The maximum Gasteiger partial charge on any atom is 0.174 e. The SMILES string of the molecule is COc1cc(Br)c2c3c1O[C@@H]1C(=O)CCC4C(C2)N(C)CC[C@]341. The van der Waals surface area contributed by atoms with E-state index in [0.717, 1.165) is 41.8 Å². The fourth-order valence-corrected chi connectivity index (χ4v) is 6.27. The van der Waals surface area contributed by atoms with Crippen LogP contribution >= 0.6 is 15.9 Å². The summed E-state index contributed by atoms with van der Waals surface area (Å²) in [4.78, 5) is 15.2. The highest BCUT2D eigenvalue weighted by molar-refractivity contribution is 9.10. The molecule has 4 nitrogen and oxygen atoms in total. The molecule has 1 aromatic carbocycles. The second kappa shape index (κ2) is 4.51. The van der Waals surface area contributed by atoms with E-state index in [2.05, 4.69) is 27.9 Å². The fourth-order valence-electron chi connectivity index (χ4n) is 5.70. The molecule has 23 heavy (non-hydrogen) atoms. The average molecular weight is 378 g/mol. The van der Waals surface area contributed by atoms with Crippen LogP contribution in [-0.4, -0.2) is 43.5 Å². The molecular weight excluding hydrogens is 358 g/mol. The Bertz CT molecular complexity index is 733. The number of carbonyl (C=O) groups excluding carboxylic acids is 1. The predicted molar refractivity (Wildman–Crippen MR) is 89.3 cm³/mol. The van der Waals surface area contributed by atoms with Crippen LogP contribution in [-0.2, 0) is 16.6 Å². The first kappa shape index (κ1) is 14.3. The molecule has 122 valence electrons. The van der Waals surface area contributed by atoms with Gasteiger partial charge in [-0.15, -0.1) is 0 Å². The minimum atomic E-state index is -0.310. The summed E-state index contributed by atoms with van der Waals surface area (Å²) < 4.78 is 13.0. The van der Waals surface area contributed by atoms with Crippen LogP contribution in [0.2, 0.25) is 0 Å². The lowest BCUT2D eigenvalue weighted by Crippen LogP contribution is -2.65. The number of methoxy groups -OCH3 is 1. The Morgan fingerprint density at radius 1 is 1.48 bits per heavy atom. The molecule has 0 aromatic heterocycles. The van der Waals surface area contributed by atoms with Crippen LogP contribution in [0.1, 0.15) is 30.4 Å². The lowest BCUT2D eigenvalue weighted by Gasteiger charge is -2.57. The quantitative estimate of drug-likeness (QED) is 0.754. The third-order valence-corrected chi connectivity index (χ3v) is 7.37. The Kier molecular flexibility index (Phi) is 2.80. The molecule has 2 unspecified atom stereocenters. The number of piperidine rings is 1. The lowest BCUT2D eigenvalue weighted by molar-refractivity contribution is -0.138. The van der Waals surface area contributed by atoms with Crippen LogP contribution < -0.4 is 9.47 Å². The van der Waals surface area contributed by atoms with E-state index in [9.17, 15) is 4.79 Å². The van der Waals surface area contributed by atoms with Crippen molar-refractivity contribution in [3.05, 3.63) is 21.7 Å². The largest absolute Gasteiger partial charge is 0.493 e. The molecule has 1 spiro atoms. The van der Waals surface area contributed by atoms with Crippen molar-refractivity contribution < 1.29 is 14.3 Å². The van der Waals surface area contributed by atoms with Gasteiger partial charge in [-0.2, -0.15) is 0 Å². The number of benzene rings is 1. The summed E-state index contributed by atoms with van der Waals surface area (Å²) in [7, 11) is 3.90. The highest BCUT2D eigenvalue weighted by Crippen LogP contribution is 2.64. The van der Waals surface area contributed by atoms with E-state index in [-0.39, 0.29) is 17.3 Å². The monoisotopic (exact) mass is 377 g/mol. The summed E-state index contributed by atoms with van der Waals surface area (Å²) in [6.07, 6.45) is 3.35. The van der Waals surface area contributed by atoms with Crippen molar-refractivity contribution in [2.24, 2.45) is 5.92 Å². The number of carbonyl (C=O) groups is 1. The number of likely N-dealkylation sites (tertiary alicyclic amines) is 1. The maximum absolute atomic E-state index is 12.7. The molecule has 1 saturated carbocycles. The molecule has 2 bridgehead atoms. The zero-order valence-corrected chi connectivity index (χ0v) is 15.0. The number of ketones is 1. The summed E-state index contributed by atoms with van der Waals surface area (Å²) in [5, 5.41) is 0. The molecule has 2 heterocycles. The summed E-state index contributed by atoms with van der Waals surface area (Å²) in [5.41, 5.74) is 2.47. The van der Waals surface area contributed by atoms with Gasteiger partial charge in [0.05, 0.1) is 7.11 Å². The van der Waals surface area contributed by atoms with Gasteiger partial charge in [0.2, 0.25) is 0 Å². The van der Waals surface area contributed by atoms with Crippen LogP contribution in [0.25, 0.3) is 0 Å². The molecule has 4 atom stereocenters. The summed E-state index contributed by atoms with van der Waals surface area (Å²) in [6, 6.07) is 2.51. The molecule has 2 aliphatic carbocycles. The van der Waals surface area contributed by atoms with Gasteiger partial charge in [-0.1, -0.05) is 15.9 Å². The fraction of sp³-hybridized carbons (Fsp3) is 0.611. The first-order valence-electron chi connectivity index (χ1n) is 8.37. The molecule has 0 radical (unpaired) electrons. The van der Waals surface area contributed by atoms with Crippen molar-refractivity contribution in [1.29, 1.82) is 0 Å². The number of hydrogen-bond acceptors (Lipinski definition) is 4. The molecule has 0 amide bonds. The molecule has 4 aliphatic rings. The van der Waals surface area contributed by atoms with Gasteiger partial charge in [0.1, 0.15) is 0 Å². The number of likely N-dealkylation sites (N-methyl/N-ethyl adjacent to an activating group) is 1. The number of rotatable bonds is 1. The molecule has 1 aromatic rings. The smallest absolute Gasteiger partial charge is 0.174 e. The normalized spacial score (nSPS) is 37.3. The zero-order valence-electron chi connectivity index (χ0n) is 13.4.